The highest BCUT2D eigenvalue weighted by atomic mass is 19.1. The molecular formula is C12H13FN2O. The molecule has 1 aromatic carbocycles. The van der Waals surface area contributed by atoms with Crippen molar-refractivity contribution in [2.75, 3.05) is 19.6 Å². The summed E-state index contributed by atoms with van der Waals surface area (Å²) in [6.07, 6.45) is 0.759. The van der Waals surface area contributed by atoms with Crippen molar-refractivity contribution in [2.24, 2.45) is 0 Å². The molecule has 1 unspecified atom stereocenters. The number of hydrogen-bond donors (Lipinski definition) is 1. The Morgan fingerprint density at radius 3 is 3.19 bits per heavy atom. The molecule has 1 amide bonds. The summed E-state index contributed by atoms with van der Waals surface area (Å²) < 4.78 is 13.1. The van der Waals surface area contributed by atoms with Gasteiger partial charge in [-0.1, -0.05) is 6.07 Å². The second-order valence-electron chi connectivity index (χ2n) is 4.33. The zero-order valence-corrected chi connectivity index (χ0v) is 8.87. The van der Waals surface area contributed by atoms with Crippen molar-refractivity contribution in [3.63, 3.8) is 0 Å². The molecule has 0 aromatic heterocycles. The van der Waals surface area contributed by atoms with Gasteiger partial charge >= 0.3 is 0 Å². The Bertz CT molecular complexity index is 447. The fourth-order valence-electron chi connectivity index (χ4n) is 2.62. The van der Waals surface area contributed by atoms with Crippen molar-refractivity contribution in [3.05, 3.63) is 35.1 Å². The standard InChI is InChI=1S/C12H13FN2O/c13-9-1-2-10-8(5-9)3-4-15-11(10)6-14-7-12(15)16/h1-2,5,11,14H,3-4,6-7H2. The van der Waals surface area contributed by atoms with Crippen LogP contribution in [-0.2, 0) is 11.2 Å². The van der Waals surface area contributed by atoms with Crippen LogP contribution in [0.2, 0.25) is 0 Å². The molecule has 84 valence electrons. The molecule has 2 aliphatic heterocycles. The summed E-state index contributed by atoms with van der Waals surface area (Å²) in [6, 6.07) is 4.96. The second-order valence-corrected chi connectivity index (χ2v) is 4.33. The fraction of sp³-hybridized carbons (Fsp3) is 0.417. The van der Waals surface area contributed by atoms with Gasteiger partial charge in [0.25, 0.3) is 0 Å². The summed E-state index contributed by atoms with van der Waals surface area (Å²) in [4.78, 5) is 13.6. The van der Waals surface area contributed by atoms with E-state index in [0.29, 0.717) is 13.1 Å². The van der Waals surface area contributed by atoms with Gasteiger partial charge in [0, 0.05) is 13.1 Å². The molecule has 2 heterocycles. The minimum Gasteiger partial charge on any atom is -0.333 e. The molecule has 16 heavy (non-hydrogen) atoms. The molecular weight excluding hydrogens is 207 g/mol. The molecule has 0 bridgehead atoms. The van der Waals surface area contributed by atoms with Crippen molar-refractivity contribution in [3.8, 4) is 0 Å². The molecule has 0 saturated carbocycles. The van der Waals surface area contributed by atoms with Crippen LogP contribution in [0.25, 0.3) is 0 Å². The number of benzene rings is 1. The Balaban J connectivity index is 2.02. The summed E-state index contributed by atoms with van der Waals surface area (Å²) in [7, 11) is 0. The van der Waals surface area contributed by atoms with Crippen LogP contribution in [0.4, 0.5) is 4.39 Å². The predicted octanol–water partition coefficient (Wildman–Crippen LogP) is 0.855. The lowest BCUT2D eigenvalue weighted by Gasteiger charge is -2.40. The summed E-state index contributed by atoms with van der Waals surface area (Å²) in [5.41, 5.74) is 2.13. The van der Waals surface area contributed by atoms with Gasteiger partial charge in [-0.15, -0.1) is 0 Å². The van der Waals surface area contributed by atoms with E-state index in [-0.39, 0.29) is 17.8 Å². The van der Waals surface area contributed by atoms with Crippen molar-refractivity contribution in [2.45, 2.75) is 12.5 Å². The van der Waals surface area contributed by atoms with Gasteiger partial charge in [-0.3, -0.25) is 4.79 Å². The quantitative estimate of drug-likeness (QED) is 0.703. The monoisotopic (exact) mass is 220 g/mol. The average Bonchev–Trinajstić information content (AvgIpc) is 2.28. The van der Waals surface area contributed by atoms with E-state index in [1.165, 1.54) is 6.07 Å². The van der Waals surface area contributed by atoms with Crippen LogP contribution in [0.5, 0.6) is 0 Å². The van der Waals surface area contributed by atoms with Crippen molar-refractivity contribution in [1.29, 1.82) is 0 Å². The summed E-state index contributed by atoms with van der Waals surface area (Å²) >= 11 is 0. The van der Waals surface area contributed by atoms with Gasteiger partial charge in [0.15, 0.2) is 0 Å². The Morgan fingerprint density at radius 2 is 2.31 bits per heavy atom. The van der Waals surface area contributed by atoms with E-state index in [4.69, 9.17) is 0 Å². The zero-order chi connectivity index (χ0) is 11.1. The van der Waals surface area contributed by atoms with Crippen LogP contribution < -0.4 is 5.32 Å². The molecule has 0 radical (unpaired) electrons. The van der Waals surface area contributed by atoms with Crippen LogP contribution in [0.3, 0.4) is 0 Å². The maximum Gasteiger partial charge on any atom is 0.237 e. The SMILES string of the molecule is O=C1CNCC2c3ccc(F)cc3CCN12. The Morgan fingerprint density at radius 1 is 1.44 bits per heavy atom. The average molecular weight is 220 g/mol. The highest BCUT2D eigenvalue weighted by Crippen LogP contribution is 2.31. The van der Waals surface area contributed by atoms with Gasteiger partial charge in [0.2, 0.25) is 5.91 Å². The molecule has 0 aliphatic carbocycles. The minimum absolute atomic E-state index is 0.0885. The molecule has 2 aliphatic rings. The number of nitrogens with one attached hydrogen (secondary N) is 1. The second kappa shape index (κ2) is 3.56. The van der Waals surface area contributed by atoms with Crippen LogP contribution in [0.15, 0.2) is 18.2 Å². The minimum atomic E-state index is -0.192. The van der Waals surface area contributed by atoms with Crippen LogP contribution in [0, 0.1) is 5.82 Å². The number of fused-ring (bicyclic) bond motifs is 3. The summed E-state index contributed by atoms with van der Waals surface area (Å²) in [6.45, 7) is 1.90. The van der Waals surface area contributed by atoms with Crippen LogP contribution in [0.1, 0.15) is 17.2 Å². The number of halogens is 1. The lowest BCUT2D eigenvalue weighted by atomic mass is 9.91. The van der Waals surface area contributed by atoms with E-state index in [1.807, 2.05) is 11.0 Å². The Kier molecular flexibility index (Phi) is 2.17. The maximum absolute atomic E-state index is 13.1. The van der Waals surface area contributed by atoms with E-state index in [2.05, 4.69) is 5.32 Å². The molecule has 1 N–H and O–H groups in total. The van der Waals surface area contributed by atoms with E-state index in [1.54, 1.807) is 6.07 Å². The number of rotatable bonds is 0. The zero-order valence-electron chi connectivity index (χ0n) is 8.87. The van der Waals surface area contributed by atoms with E-state index >= 15 is 0 Å². The number of amides is 1. The first kappa shape index (κ1) is 9.78. The highest BCUT2D eigenvalue weighted by Gasteiger charge is 2.33. The smallest absolute Gasteiger partial charge is 0.237 e. The van der Waals surface area contributed by atoms with Gasteiger partial charge in [-0.2, -0.15) is 0 Å². The summed E-state index contributed by atoms with van der Waals surface area (Å²) in [5.74, 6) is -0.0477. The van der Waals surface area contributed by atoms with Gasteiger partial charge < -0.3 is 10.2 Å². The number of piperazine rings is 1. The largest absolute Gasteiger partial charge is 0.333 e. The lowest BCUT2D eigenvalue weighted by Crippen LogP contribution is -2.52. The van der Waals surface area contributed by atoms with Gasteiger partial charge in [0.05, 0.1) is 12.6 Å². The number of carbonyl (C=O) groups is 1. The van der Waals surface area contributed by atoms with Crippen LogP contribution >= 0.6 is 0 Å². The molecule has 4 heteroatoms. The molecule has 1 saturated heterocycles. The van der Waals surface area contributed by atoms with Crippen molar-refractivity contribution < 1.29 is 9.18 Å². The number of nitrogens with zero attached hydrogens (tertiary/aromatic N) is 1. The third-order valence-electron chi connectivity index (χ3n) is 3.40. The Hall–Kier alpha value is -1.42. The third-order valence-corrected chi connectivity index (χ3v) is 3.40. The van der Waals surface area contributed by atoms with Gasteiger partial charge in [-0.05, 0) is 29.7 Å². The number of hydrogen-bond acceptors (Lipinski definition) is 2. The molecule has 1 atom stereocenters. The van der Waals surface area contributed by atoms with Crippen molar-refractivity contribution in [1.82, 2.24) is 10.2 Å². The molecule has 1 aromatic rings. The lowest BCUT2D eigenvalue weighted by molar-refractivity contribution is -0.135. The maximum atomic E-state index is 13.1. The molecule has 3 rings (SSSR count). The normalized spacial score (nSPS) is 23.9. The fourth-order valence-corrected chi connectivity index (χ4v) is 2.62. The Labute approximate surface area is 93.2 Å². The van der Waals surface area contributed by atoms with Crippen molar-refractivity contribution >= 4 is 5.91 Å². The molecule has 0 spiro atoms. The van der Waals surface area contributed by atoms with Gasteiger partial charge in [0.1, 0.15) is 5.82 Å². The van der Waals surface area contributed by atoms with Gasteiger partial charge in [-0.25, -0.2) is 4.39 Å². The molecule has 1 fully saturated rings. The highest BCUT2D eigenvalue weighted by molar-refractivity contribution is 5.80. The van der Waals surface area contributed by atoms with E-state index in [0.717, 1.165) is 24.1 Å². The van der Waals surface area contributed by atoms with E-state index in [9.17, 15) is 9.18 Å². The molecule has 3 nitrogen and oxygen atoms in total. The summed E-state index contributed by atoms with van der Waals surface area (Å²) in [5, 5.41) is 3.10. The first-order valence-corrected chi connectivity index (χ1v) is 5.54. The topological polar surface area (TPSA) is 32.3 Å². The third kappa shape index (κ3) is 1.41. The van der Waals surface area contributed by atoms with E-state index < -0.39 is 0 Å². The first-order chi connectivity index (χ1) is 7.75. The predicted molar refractivity (Wildman–Crippen MR) is 57.4 cm³/mol. The van der Waals surface area contributed by atoms with Crippen LogP contribution in [-0.4, -0.2) is 30.4 Å². The number of carbonyl (C=O) groups excluding carboxylic acids is 1. The first-order valence-electron chi connectivity index (χ1n) is 5.54.